The van der Waals surface area contributed by atoms with Gasteiger partial charge in [-0.2, -0.15) is 5.10 Å². The maximum Gasteiger partial charge on any atom is 0.358 e. The zero-order chi connectivity index (χ0) is 17.8. The highest BCUT2D eigenvalue weighted by molar-refractivity contribution is 5.95. The predicted molar refractivity (Wildman–Crippen MR) is 95.2 cm³/mol. The lowest BCUT2D eigenvalue weighted by atomic mass is 10.1. The SMILES string of the molecule is CCOC(=O)c1cc(Nc2cncc3ccccc23)c(=O)n(CC)n1. The molecule has 0 saturated heterocycles. The molecule has 25 heavy (non-hydrogen) atoms. The van der Waals surface area contributed by atoms with Crippen LogP contribution in [0.4, 0.5) is 11.4 Å². The molecule has 0 bridgehead atoms. The Bertz CT molecular complexity index is 976. The van der Waals surface area contributed by atoms with Crippen molar-refractivity contribution in [3.05, 3.63) is 58.8 Å². The number of hydrogen-bond acceptors (Lipinski definition) is 6. The summed E-state index contributed by atoms with van der Waals surface area (Å²) in [6.45, 7) is 4.08. The largest absolute Gasteiger partial charge is 0.461 e. The second-order valence-corrected chi connectivity index (χ2v) is 5.32. The van der Waals surface area contributed by atoms with Crippen molar-refractivity contribution in [2.24, 2.45) is 0 Å². The van der Waals surface area contributed by atoms with E-state index >= 15 is 0 Å². The number of ether oxygens (including phenoxy) is 1. The van der Waals surface area contributed by atoms with E-state index in [1.807, 2.05) is 24.3 Å². The number of nitrogens with one attached hydrogen (secondary N) is 1. The highest BCUT2D eigenvalue weighted by Gasteiger charge is 2.15. The van der Waals surface area contributed by atoms with Gasteiger partial charge in [0.25, 0.3) is 5.56 Å². The molecule has 3 rings (SSSR count). The Morgan fingerprint density at radius 1 is 1.20 bits per heavy atom. The van der Waals surface area contributed by atoms with Crippen LogP contribution >= 0.6 is 0 Å². The second-order valence-electron chi connectivity index (χ2n) is 5.32. The first-order chi connectivity index (χ1) is 12.1. The molecule has 0 spiro atoms. The number of nitrogens with zero attached hydrogens (tertiary/aromatic N) is 3. The van der Waals surface area contributed by atoms with Crippen molar-refractivity contribution in [3.63, 3.8) is 0 Å². The molecule has 2 aromatic heterocycles. The van der Waals surface area contributed by atoms with Gasteiger partial charge in [0.1, 0.15) is 5.69 Å². The summed E-state index contributed by atoms with van der Waals surface area (Å²) in [4.78, 5) is 28.7. The Kier molecular flexibility index (Phi) is 4.74. The summed E-state index contributed by atoms with van der Waals surface area (Å²) in [7, 11) is 0. The number of rotatable bonds is 5. The summed E-state index contributed by atoms with van der Waals surface area (Å²) < 4.78 is 6.22. The van der Waals surface area contributed by atoms with Crippen LogP contribution < -0.4 is 10.9 Å². The third kappa shape index (κ3) is 3.35. The van der Waals surface area contributed by atoms with E-state index in [0.29, 0.717) is 12.2 Å². The molecule has 0 unspecified atom stereocenters. The molecular formula is C18H18N4O3. The van der Waals surface area contributed by atoms with E-state index in [4.69, 9.17) is 4.74 Å². The van der Waals surface area contributed by atoms with Gasteiger partial charge in [-0.05, 0) is 13.8 Å². The van der Waals surface area contributed by atoms with E-state index in [1.54, 1.807) is 26.2 Å². The van der Waals surface area contributed by atoms with Crippen molar-refractivity contribution in [1.29, 1.82) is 0 Å². The fourth-order valence-corrected chi connectivity index (χ4v) is 2.51. The number of pyridine rings is 1. The van der Waals surface area contributed by atoms with E-state index < -0.39 is 5.97 Å². The van der Waals surface area contributed by atoms with Crippen LogP contribution in [0, 0.1) is 0 Å². The van der Waals surface area contributed by atoms with Gasteiger partial charge in [-0.15, -0.1) is 0 Å². The summed E-state index contributed by atoms with van der Waals surface area (Å²) in [6, 6.07) is 9.12. The fourth-order valence-electron chi connectivity index (χ4n) is 2.51. The monoisotopic (exact) mass is 338 g/mol. The summed E-state index contributed by atoms with van der Waals surface area (Å²) in [6.07, 6.45) is 3.39. The molecule has 0 atom stereocenters. The first-order valence-corrected chi connectivity index (χ1v) is 8.03. The van der Waals surface area contributed by atoms with Crippen molar-refractivity contribution >= 4 is 28.1 Å². The molecule has 7 heteroatoms. The predicted octanol–water partition coefficient (Wildman–Crippen LogP) is 2.73. The van der Waals surface area contributed by atoms with Gasteiger partial charge in [-0.3, -0.25) is 9.78 Å². The van der Waals surface area contributed by atoms with Crippen LogP contribution in [0.5, 0.6) is 0 Å². The van der Waals surface area contributed by atoms with E-state index in [-0.39, 0.29) is 23.5 Å². The Labute approximate surface area is 144 Å². The van der Waals surface area contributed by atoms with Gasteiger partial charge in [0, 0.05) is 29.6 Å². The third-order valence-electron chi connectivity index (χ3n) is 3.70. The Balaban J connectivity index is 2.08. The van der Waals surface area contributed by atoms with E-state index in [1.165, 1.54) is 10.7 Å². The molecular weight excluding hydrogens is 320 g/mol. The maximum absolute atomic E-state index is 12.5. The van der Waals surface area contributed by atoms with Crippen LogP contribution in [0.1, 0.15) is 24.3 Å². The van der Waals surface area contributed by atoms with Crippen molar-refractivity contribution < 1.29 is 9.53 Å². The molecule has 2 heterocycles. The third-order valence-corrected chi connectivity index (χ3v) is 3.70. The van der Waals surface area contributed by atoms with Crippen molar-refractivity contribution in [2.75, 3.05) is 11.9 Å². The van der Waals surface area contributed by atoms with Crippen molar-refractivity contribution in [3.8, 4) is 0 Å². The molecule has 0 fully saturated rings. The summed E-state index contributed by atoms with van der Waals surface area (Å²) in [5, 5.41) is 9.00. The number of benzene rings is 1. The topological polar surface area (TPSA) is 86.1 Å². The summed E-state index contributed by atoms with van der Waals surface area (Å²) in [5.74, 6) is -0.566. The molecule has 3 aromatic rings. The maximum atomic E-state index is 12.5. The summed E-state index contributed by atoms with van der Waals surface area (Å²) >= 11 is 0. The minimum atomic E-state index is -0.566. The first-order valence-electron chi connectivity index (χ1n) is 8.03. The summed E-state index contributed by atoms with van der Waals surface area (Å²) in [5.41, 5.74) is 0.694. The lowest BCUT2D eigenvalue weighted by Crippen LogP contribution is -2.27. The molecule has 0 amide bonds. The quantitative estimate of drug-likeness (QED) is 0.720. The number of aryl methyl sites for hydroxylation is 1. The van der Waals surface area contributed by atoms with Crippen LogP contribution in [0.15, 0.2) is 47.5 Å². The highest BCUT2D eigenvalue weighted by Crippen LogP contribution is 2.24. The minimum absolute atomic E-state index is 0.0824. The average molecular weight is 338 g/mol. The lowest BCUT2D eigenvalue weighted by Gasteiger charge is -2.12. The zero-order valence-electron chi connectivity index (χ0n) is 14.0. The standard InChI is InChI=1S/C18H18N4O3/c1-3-22-17(23)14(9-15(21-22)18(24)25-4-2)20-16-11-19-10-12-7-5-6-8-13(12)16/h5-11,20H,3-4H2,1-2H3. The Hall–Kier alpha value is -3.22. The number of carbonyl (C=O) groups excluding carboxylic acids is 1. The van der Waals surface area contributed by atoms with Crippen LogP contribution in [-0.4, -0.2) is 27.3 Å². The number of fused-ring (bicyclic) bond motifs is 1. The smallest absolute Gasteiger partial charge is 0.358 e. The van der Waals surface area contributed by atoms with E-state index in [2.05, 4.69) is 15.4 Å². The van der Waals surface area contributed by atoms with Gasteiger partial charge in [0.2, 0.25) is 0 Å². The molecule has 1 aromatic carbocycles. The molecule has 128 valence electrons. The number of aromatic nitrogens is 3. The molecule has 0 aliphatic rings. The number of anilines is 2. The zero-order valence-corrected chi connectivity index (χ0v) is 14.0. The van der Waals surface area contributed by atoms with Crippen molar-refractivity contribution in [1.82, 2.24) is 14.8 Å². The molecule has 1 N–H and O–H groups in total. The molecule has 0 aliphatic heterocycles. The van der Waals surface area contributed by atoms with Gasteiger partial charge < -0.3 is 10.1 Å². The lowest BCUT2D eigenvalue weighted by molar-refractivity contribution is 0.0516. The van der Waals surface area contributed by atoms with Crippen LogP contribution in [-0.2, 0) is 11.3 Å². The minimum Gasteiger partial charge on any atom is -0.461 e. The highest BCUT2D eigenvalue weighted by atomic mass is 16.5. The van der Waals surface area contributed by atoms with Gasteiger partial charge >= 0.3 is 5.97 Å². The van der Waals surface area contributed by atoms with Gasteiger partial charge in [-0.1, -0.05) is 24.3 Å². The normalized spacial score (nSPS) is 10.6. The van der Waals surface area contributed by atoms with Gasteiger partial charge in [0.15, 0.2) is 5.69 Å². The molecule has 0 aliphatic carbocycles. The van der Waals surface area contributed by atoms with Crippen molar-refractivity contribution in [2.45, 2.75) is 20.4 Å². The van der Waals surface area contributed by atoms with Crippen LogP contribution in [0.2, 0.25) is 0 Å². The van der Waals surface area contributed by atoms with Crippen LogP contribution in [0.25, 0.3) is 10.8 Å². The van der Waals surface area contributed by atoms with E-state index in [0.717, 1.165) is 10.8 Å². The second kappa shape index (κ2) is 7.12. The number of carbonyl (C=O) groups is 1. The molecule has 0 radical (unpaired) electrons. The fraction of sp³-hybridized carbons (Fsp3) is 0.222. The van der Waals surface area contributed by atoms with Crippen LogP contribution in [0.3, 0.4) is 0 Å². The number of esters is 1. The Morgan fingerprint density at radius 2 is 2.00 bits per heavy atom. The first kappa shape index (κ1) is 16.6. The Morgan fingerprint density at radius 3 is 2.76 bits per heavy atom. The average Bonchev–Trinajstić information content (AvgIpc) is 2.64. The molecule has 0 saturated carbocycles. The number of hydrogen-bond donors (Lipinski definition) is 1. The van der Waals surface area contributed by atoms with Gasteiger partial charge in [0.05, 0.1) is 18.5 Å². The van der Waals surface area contributed by atoms with Gasteiger partial charge in [-0.25, -0.2) is 9.48 Å². The molecule has 7 nitrogen and oxygen atoms in total. The van der Waals surface area contributed by atoms with E-state index in [9.17, 15) is 9.59 Å².